The molecule has 0 aromatic carbocycles. The van der Waals surface area contributed by atoms with E-state index in [1.165, 1.54) is 17.7 Å². The first kappa shape index (κ1) is 10.0. The van der Waals surface area contributed by atoms with Crippen molar-refractivity contribution in [1.82, 2.24) is 14.8 Å². The Morgan fingerprint density at radius 3 is 3.13 bits per heavy atom. The number of carbonyl (C=O) groups is 1. The first-order valence-corrected chi connectivity index (χ1v) is 5.62. The van der Waals surface area contributed by atoms with Gasteiger partial charge in [-0.25, -0.2) is 9.67 Å². The van der Waals surface area contributed by atoms with Gasteiger partial charge >= 0.3 is 0 Å². The lowest BCUT2D eigenvalue weighted by molar-refractivity contribution is 0.0993. The zero-order valence-electron chi connectivity index (χ0n) is 8.38. The molecule has 0 atom stereocenters. The molecule has 0 aliphatic rings. The standard InChI is InChI=1S/C10H11N3OS/c1-2-13-10(11-7-12-13)6-8(14)9-4-3-5-15-9/h3-5,7H,2,6H2,1H3. The van der Waals surface area contributed by atoms with Crippen LogP contribution >= 0.6 is 11.3 Å². The predicted octanol–water partition coefficient (Wildman–Crippen LogP) is 1.78. The Balaban J connectivity index is 2.13. The average Bonchev–Trinajstić information content (AvgIpc) is 2.87. The molecule has 0 saturated heterocycles. The summed E-state index contributed by atoms with van der Waals surface area (Å²) in [7, 11) is 0. The second-order valence-electron chi connectivity index (χ2n) is 3.07. The van der Waals surface area contributed by atoms with Gasteiger partial charge in [-0.15, -0.1) is 11.3 Å². The van der Waals surface area contributed by atoms with Crippen molar-refractivity contribution >= 4 is 17.1 Å². The van der Waals surface area contributed by atoms with E-state index in [0.29, 0.717) is 6.42 Å². The van der Waals surface area contributed by atoms with Gasteiger partial charge in [0.05, 0.1) is 11.3 Å². The summed E-state index contributed by atoms with van der Waals surface area (Å²) in [6, 6.07) is 3.71. The summed E-state index contributed by atoms with van der Waals surface area (Å²) in [5, 5.41) is 5.93. The number of hydrogen-bond acceptors (Lipinski definition) is 4. The minimum Gasteiger partial charge on any atom is -0.293 e. The van der Waals surface area contributed by atoms with Crippen molar-refractivity contribution < 1.29 is 4.79 Å². The molecule has 15 heavy (non-hydrogen) atoms. The molecule has 0 saturated carbocycles. The Hall–Kier alpha value is -1.49. The Morgan fingerprint density at radius 2 is 2.47 bits per heavy atom. The summed E-state index contributed by atoms with van der Waals surface area (Å²) in [4.78, 5) is 16.6. The van der Waals surface area contributed by atoms with E-state index in [1.54, 1.807) is 4.68 Å². The minimum absolute atomic E-state index is 0.104. The maximum absolute atomic E-state index is 11.8. The summed E-state index contributed by atoms with van der Waals surface area (Å²) in [6.07, 6.45) is 1.81. The van der Waals surface area contributed by atoms with Crippen LogP contribution in [0.25, 0.3) is 0 Å². The van der Waals surface area contributed by atoms with E-state index in [2.05, 4.69) is 10.1 Å². The van der Waals surface area contributed by atoms with Gasteiger partial charge in [0, 0.05) is 6.54 Å². The smallest absolute Gasteiger partial charge is 0.180 e. The number of aryl methyl sites for hydroxylation is 1. The van der Waals surface area contributed by atoms with Crippen LogP contribution in [0.3, 0.4) is 0 Å². The number of rotatable bonds is 4. The zero-order valence-corrected chi connectivity index (χ0v) is 9.20. The SMILES string of the molecule is CCn1ncnc1CC(=O)c1cccs1. The lowest BCUT2D eigenvalue weighted by Gasteiger charge is -2.00. The predicted molar refractivity (Wildman–Crippen MR) is 58.0 cm³/mol. The monoisotopic (exact) mass is 221 g/mol. The molecular weight excluding hydrogens is 210 g/mol. The zero-order chi connectivity index (χ0) is 10.7. The van der Waals surface area contributed by atoms with Gasteiger partial charge in [-0.1, -0.05) is 6.07 Å². The molecular formula is C10H11N3OS. The highest BCUT2D eigenvalue weighted by atomic mass is 32.1. The van der Waals surface area contributed by atoms with E-state index < -0.39 is 0 Å². The van der Waals surface area contributed by atoms with Crippen molar-refractivity contribution in [3.8, 4) is 0 Å². The van der Waals surface area contributed by atoms with Crippen LogP contribution in [0.4, 0.5) is 0 Å². The van der Waals surface area contributed by atoms with Crippen LogP contribution in [0.2, 0.25) is 0 Å². The quantitative estimate of drug-likeness (QED) is 0.739. The van der Waals surface area contributed by atoms with E-state index in [1.807, 2.05) is 24.4 Å². The molecule has 0 amide bonds. The van der Waals surface area contributed by atoms with Crippen LogP contribution in [0.5, 0.6) is 0 Å². The third-order valence-corrected chi connectivity index (χ3v) is 3.02. The average molecular weight is 221 g/mol. The molecule has 0 unspecified atom stereocenters. The van der Waals surface area contributed by atoms with Gasteiger partial charge in [0.25, 0.3) is 0 Å². The molecule has 2 aromatic heterocycles. The first-order valence-electron chi connectivity index (χ1n) is 4.74. The highest BCUT2D eigenvalue weighted by molar-refractivity contribution is 7.12. The van der Waals surface area contributed by atoms with Gasteiger partial charge in [0.15, 0.2) is 5.78 Å². The van der Waals surface area contributed by atoms with Crippen molar-refractivity contribution in [2.24, 2.45) is 0 Å². The second kappa shape index (κ2) is 4.35. The van der Waals surface area contributed by atoms with Gasteiger partial charge in [-0.2, -0.15) is 5.10 Å². The molecule has 4 nitrogen and oxygen atoms in total. The third-order valence-electron chi connectivity index (χ3n) is 2.11. The number of aromatic nitrogens is 3. The van der Waals surface area contributed by atoms with Crippen molar-refractivity contribution in [3.05, 3.63) is 34.5 Å². The number of carbonyl (C=O) groups excluding carboxylic acids is 1. The fourth-order valence-corrected chi connectivity index (χ4v) is 2.02. The molecule has 2 rings (SSSR count). The van der Waals surface area contributed by atoms with Gasteiger partial charge in [0.1, 0.15) is 12.2 Å². The third kappa shape index (κ3) is 2.12. The number of thiophene rings is 1. The molecule has 0 bridgehead atoms. The van der Waals surface area contributed by atoms with E-state index in [9.17, 15) is 4.79 Å². The fraction of sp³-hybridized carbons (Fsp3) is 0.300. The molecule has 78 valence electrons. The van der Waals surface area contributed by atoms with Gasteiger partial charge in [-0.05, 0) is 18.4 Å². The molecule has 0 fully saturated rings. The van der Waals surface area contributed by atoms with Crippen molar-refractivity contribution in [1.29, 1.82) is 0 Å². The van der Waals surface area contributed by atoms with Crippen LogP contribution < -0.4 is 0 Å². The van der Waals surface area contributed by atoms with E-state index in [-0.39, 0.29) is 5.78 Å². The first-order chi connectivity index (χ1) is 7.31. The molecule has 2 heterocycles. The highest BCUT2D eigenvalue weighted by Crippen LogP contribution is 2.11. The Morgan fingerprint density at radius 1 is 1.60 bits per heavy atom. The normalized spacial score (nSPS) is 10.5. The Bertz CT molecular complexity index is 447. The number of nitrogens with zero attached hydrogens (tertiary/aromatic N) is 3. The summed E-state index contributed by atoms with van der Waals surface area (Å²) in [6.45, 7) is 2.72. The Labute approximate surface area is 91.6 Å². The van der Waals surface area contributed by atoms with E-state index in [0.717, 1.165) is 17.2 Å². The van der Waals surface area contributed by atoms with Gasteiger partial charge in [-0.3, -0.25) is 4.79 Å². The number of Topliss-reactive ketones (excluding diaryl/α,β-unsaturated/α-hetero) is 1. The highest BCUT2D eigenvalue weighted by Gasteiger charge is 2.11. The van der Waals surface area contributed by atoms with Crippen LogP contribution in [0.15, 0.2) is 23.8 Å². The lowest BCUT2D eigenvalue weighted by Crippen LogP contribution is -2.09. The van der Waals surface area contributed by atoms with Crippen molar-refractivity contribution in [2.45, 2.75) is 19.9 Å². The second-order valence-corrected chi connectivity index (χ2v) is 4.02. The van der Waals surface area contributed by atoms with Crippen LogP contribution in [-0.4, -0.2) is 20.5 Å². The summed E-state index contributed by atoms with van der Waals surface area (Å²) >= 11 is 1.46. The van der Waals surface area contributed by atoms with Crippen LogP contribution in [0.1, 0.15) is 22.4 Å². The summed E-state index contributed by atoms with van der Waals surface area (Å²) in [5.41, 5.74) is 0. The molecule has 5 heteroatoms. The van der Waals surface area contributed by atoms with Gasteiger partial charge < -0.3 is 0 Å². The van der Waals surface area contributed by atoms with Crippen molar-refractivity contribution in [2.75, 3.05) is 0 Å². The molecule has 0 radical (unpaired) electrons. The minimum atomic E-state index is 0.104. The van der Waals surface area contributed by atoms with Crippen LogP contribution in [0, 0.1) is 0 Å². The topological polar surface area (TPSA) is 47.8 Å². The van der Waals surface area contributed by atoms with Gasteiger partial charge in [0.2, 0.25) is 0 Å². The fourth-order valence-electron chi connectivity index (χ4n) is 1.36. The summed E-state index contributed by atoms with van der Waals surface area (Å²) < 4.78 is 1.74. The molecule has 2 aromatic rings. The molecule has 0 aliphatic carbocycles. The summed E-state index contributed by atoms with van der Waals surface area (Å²) in [5.74, 6) is 0.837. The number of hydrogen-bond donors (Lipinski definition) is 0. The molecule has 0 spiro atoms. The Kier molecular flexibility index (Phi) is 2.91. The maximum Gasteiger partial charge on any atom is 0.180 e. The largest absolute Gasteiger partial charge is 0.293 e. The maximum atomic E-state index is 11.8. The number of ketones is 1. The van der Waals surface area contributed by atoms with E-state index in [4.69, 9.17) is 0 Å². The van der Waals surface area contributed by atoms with Crippen molar-refractivity contribution in [3.63, 3.8) is 0 Å². The molecule has 0 aliphatic heterocycles. The molecule has 0 N–H and O–H groups in total. The lowest BCUT2D eigenvalue weighted by atomic mass is 10.2. The van der Waals surface area contributed by atoms with Crippen LogP contribution in [-0.2, 0) is 13.0 Å². The van der Waals surface area contributed by atoms with E-state index >= 15 is 0 Å².